The molecule has 1 fully saturated rings. The summed E-state index contributed by atoms with van der Waals surface area (Å²) >= 11 is 0. The predicted octanol–water partition coefficient (Wildman–Crippen LogP) is 8.03. The summed E-state index contributed by atoms with van der Waals surface area (Å²) in [5.74, 6) is 1.01. The van der Waals surface area contributed by atoms with Gasteiger partial charge in [0.1, 0.15) is 11.3 Å². The first-order valence-corrected chi connectivity index (χ1v) is 14.8. The van der Waals surface area contributed by atoms with Crippen LogP contribution >= 0.6 is 0 Å². The zero-order chi connectivity index (χ0) is 27.7. The van der Waals surface area contributed by atoms with Crippen molar-refractivity contribution in [3.8, 4) is 22.3 Å². The minimum Gasteiger partial charge on any atom is -0.456 e. The Bertz CT molecular complexity index is 1960. The third-order valence-corrected chi connectivity index (χ3v) is 10.4. The number of allylic oxidation sites excluding steroid dienone is 1. The maximum absolute atomic E-state index is 6.65. The summed E-state index contributed by atoms with van der Waals surface area (Å²) in [4.78, 5) is 0. The van der Waals surface area contributed by atoms with Crippen LogP contribution in [-0.2, 0) is 21.1 Å². The molecule has 0 N–H and O–H groups in total. The SMILES string of the molecule is CC1(C)OB(c2cccc3c2-c2ccccc2C32c3ccccc3-c3c2ccc2oc4c(c32)CCC=C4)OC1(C)C. The van der Waals surface area contributed by atoms with Gasteiger partial charge in [0.25, 0.3) is 0 Å². The van der Waals surface area contributed by atoms with Gasteiger partial charge < -0.3 is 13.7 Å². The van der Waals surface area contributed by atoms with Crippen LogP contribution in [0.1, 0.15) is 67.7 Å². The second-order valence-corrected chi connectivity index (χ2v) is 12.9. The van der Waals surface area contributed by atoms with Gasteiger partial charge in [-0.1, -0.05) is 78.9 Å². The number of fused-ring (bicyclic) bond motifs is 14. The lowest BCUT2D eigenvalue weighted by atomic mass is 9.68. The molecule has 2 heterocycles. The van der Waals surface area contributed by atoms with Gasteiger partial charge in [0.2, 0.25) is 0 Å². The Kier molecular flexibility index (Phi) is 4.47. The normalized spacial score (nSPS) is 22.1. The van der Waals surface area contributed by atoms with Crippen LogP contribution in [0.4, 0.5) is 0 Å². The number of furan rings is 1. The molecule has 0 bridgehead atoms. The molecule has 5 aromatic rings. The summed E-state index contributed by atoms with van der Waals surface area (Å²) < 4.78 is 19.7. The second-order valence-electron chi connectivity index (χ2n) is 12.9. The molecule has 41 heavy (non-hydrogen) atoms. The van der Waals surface area contributed by atoms with Crippen molar-refractivity contribution in [1.82, 2.24) is 0 Å². The molecule has 3 nitrogen and oxygen atoms in total. The van der Waals surface area contributed by atoms with Crippen molar-refractivity contribution in [2.45, 2.75) is 57.2 Å². The van der Waals surface area contributed by atoms with Gasteiger partial charge in [-0.3, -0.25) is 0 Å². The molecule has 1 unspecified atom stereocenters. The fraction of sp³-hybridized carbons (Fsp3) is 0.243. The average Bonchev–Trinajstić information content (AvgIpc) is 3.65. The Morgan fingerprint density at radius 3 is 2.02 bits per heavy atom. The van der Waals surface area contributed by atoms with Crippen LogP contribution in [0.5, 0.6) is 0 Å². The van der Waals surface area contributed by atoms with Crippen LogP contribution in [0, 0.1) is 0 Å². The minimum atomic E-state index is -0.440. The summed E-state index contributed by atoms with van der Waals surface area (Å²) in [6, 6.07) is 29.2. The Labute approximate surface area is 240 Å². The van der Waals surface area contributed by atoms with E-state index < -0.39 is 23.7 Å². The molecule has 1 aromatic heterocycles. The molecule has 1 saturated heterocycles. The highest BCUT2D eigenvalue weighted by Gasteiger charge is 2.56. The van der Waals surface area contributed by atoms with Crippen molar-refractivity contribution in [3.05, 3.63) is 119 Å². The first-order chi connectivity index (χ1) is 19.8. The number of rotatable bonds is 1. The van der Waals surface area contributed by atoms with E-state index in [0.717, 1.165) is 29.6 Å². The molecule has 1 atom stereocenters. The van der Waals surface area contributed by atoms with Gasteiger partial charge in [-0.2, -0.15) is 0 Å². The van der Waals surface area contributed by atoms with Gasteiger partial charge in [-0.15, -0.1) is 0 Å². The van der Waals surface area contributed by atoms with Crippen molar-refractivity contribution in [2.75, 3.05) is 0 Å². The molecule has 3 aliphatic carbocycles. The third-order valence-electron chi connectivity index (χ3n) is 10.4. The highest BCUT2D eigenvalue weighted by atomic mass is 16.7. The van der Waals surface area contributed by atoms with Gasteiger partial charge in [0, 0.05) is 10.9 Å². The molecule has 0 saturated carbocycles. The third kappa shape index (κ3) is 2.78. The maximum Gasteiger partial charge on any atom is 0.495 e. The molecular weight excluding hydrogens is 503 g/mol. The van der Waals surface area contributed by atoms with Crippen LogP contribution in [0.3, 0.4) is 0 Å². The van der Waals surface area contributed by atoms with Crippen molar-refractivity contribution in [1.29, 1.82) is 0 Å². The Balaban J connectivity index is 1.39. The van der Waals surface area contributed by atoms with Crippen molar-refractivity contribution >= 4 is 29.6 Å². The Morgan fingerprint density at radius 1 is 0.659 bits per heavy atom. The first kappa shape index (κ1) is 23.8. The molecule has 4 aliphatic rings. The van der Waals surface area contributed by atoms with E-state index in [1.165, 1.54) is 55.5 Å². The van der Waals surface area contributed by atoms with Crippen LogP contribution < -0.4 is 5.46 Å². The Morgan fingerprint density at radius 2 is 1.29 bits per heavy atom. The molecule has 4 heteroatoms. The fourth-order valence-corrected chi connectivity index (χ4v) is 7.94. The van der Waals surface area contributed by atoms with Crippen molar-refractivity contribution in [3.63, 3.8) is 0 Å². The van der Waals surface area contributed by atoms with E-state index in [1.54, 1.807) is 0 Å². The van der Waals surface area contributed by atoms with Gasteiger partial charge in [0.05, 0.1) is 16.6 Å². The largest absolute Gasteiger partial charge is 0.495 e. The van der Waals surface area contributed by atoms with E-state index in [2.05, 4.69) is 119 Å². The summed E-state index contributed by atoms with van der Waals surface area (Å²) in [7, 11) is -0.440. The van der Waals surface area contributed by atoms with E-state index in [9.17, 15) is 0 Å². The molecule has 4 aromatic carbocycles. The van der Waals surface area contributed by atoms with E-state index in [1.807, 2.05) is 0 Å². The zero-order valence-corrected chi connectivity index (χ0v) is 23.9. The first-order valence-electron chi connectivity index (χ1n) is 14.8. The van der Waals surface area contributed by atoms with Crippen LogP contribution in [0.25, 0.3) is 39.3 Å². The summed E-state index contributed by atoms with van der Waals surface area (Å²) in [6.45, 7) is 8.50. The van der Waals surface area contributed by atoms with Crippen LogP contribution in [0.15, 0.2) is 89.4 Å². The van der Waals surface area contributed by atoms with Gasteiger partial charge in [-0.25, -0.2) is 0 Å². The molecule has 1 aliphatic heterocycles. The highest BCUT2D eigenvalue weighted by molar-refractivity contribution is 6.64. The molecule has 0 amide bonds. The summed E-state index contributed by atoms with van der Waals surface area (Å²) in [6.07, 6.45) is 6.42. The standard InChI is InChI=1S/C37H31BO3/c1-35(2)36(3,4)41-38(40-35)29-18-11-17-27-32(29)22-12-5-8-15-25(22)37(27)26-16-9-6-13-23(26)33-28(37)20-21-31-34(33)24-14-7-10-19-30(24)39-31/h5-6,8-13,15-21H,7,14H2,1-4H3. The number of hydrogen-bond acceptors (Lipinski definition) is 3. The van der Waals surface area contributed by atoms with E-state index >= 15 is 0 Å². The number of hydrogen-bond donors (Lipinski definition) is 0. The van der Waals surface area contributed by atoms with Crippen LogP contribution in [-0.4, -0.2) is 18.3 Å². The predicted molar refractivity (Wildman–Crippen MR) is 166 cm³/mol. The lowest BCUT2D eigenvalue weighted by Gasteiger charge is -2.32. The average molecular weight is 534 g/mol. The zero-order valence-electron chi connectivity index (χ0n) is 23.9. The molecule has 9 rings (SSSR count). The molecule has 0 radical (unpaired) electrons. The molecule has 1 spiro atoms. The fourth-order valence-electron chi connectivity index (χ4n) is 7.94. The monoisotopic (exact) mass is 534 g/mol. The summed E-state index contributed by atoms with van der Waals surface area (Å²) in [5, 5.41) is 1.28. The van der Waals surface area contributed by atoms with Gasteiger partial charge in [-0.05, 0) is 103 Å². The van der Waals surface area contributed by atoms with Crippen molar-refractivity contribution < 1.29 is 13.7 Å². The maximum atomic E-state index is 6.65. The number of benzene rings is 4. The van der Waals surface area contributed by atoms with Gasteiger partial charge in [0.15, 0.2) is 0 Å². The highest BCUT2D eigenvalue weighted by Crippen LogP contribution is 2.64. The van der Waals surface area contributed by atoms with E-state index in [0.29, 0.717) is 0 Å². The smallest absolute Gasteiger partial charge is 0.456 e. The second kappa shape index (κ2) is 7.70. The summed E-state index contributed by atoms with van der Waals surface area (Å²) in [5.41, 5.74) is 12.6. The van der Waals surface area contributed by atoms with Gasteiger partial charge >= 0.3 is 7.12 Å². The van der Waals surface area contributed by atoms with Crippen LogP contribution in [0.2, 0.25) is 0 Å². The number of aryl methyl sites for hydroxylation is 1. The lowest BCUT2D eigenvalue weighted by Crippen LogP contribution is -2.41. The molecule has 200 valence electrons. The van der Waals surface area contributed by atoms with E-state index in [-0.39, 0.29) is 0 Å². The minimum absolute atomic E-state index is 0.414. The Hall–Kier alpha value is -3.86. The lowest BCUT2D eigenvalue weighted by molar-refractivity contribution is 0.00578. The quantitative estimate of drug-likeness (QED) is 0.200. The van der Waals surface area contributed by atoms with E-state index in [4.69, 9.17) is 13.7 Å². The topological polar surface area (TPSA) is 31.6 Å². The molecular formula is C37H31BO3. The van der Waals surface area contributed by atoms with Crippen molar-refractivity contribution in [2.24, 2.45) is 0 Å².